The van der Waals surface area contributed by atoms with Gasteiger partial charge in [-0.05, 0) is 52.4 Å². The second-order valence-electron chi connectivity index (χ2n) is 5.08. The monoisotopic (exact) mass is 401 g/mol. The molecule has 2 aromatic carbocycles. The van der Waals surface area contributed by atoms with Crippen molar-refractivity contribution in [2.75, 3.05) is 0 Å². The predicted octanol–water partition coefficient (Wildman–Crippen LogP) is 4.34. The van der Waals surface area contributed by atoms with Gasteiger partial charge in [0.05, 0.1) is 12.7 Å². The SMILES string of the molecule is Ic1cccc(Cn2cc(-c3cc4ccccc4o3)nn2)c1. The van der Waals surface area contributed by atoms with Crippen molar-refractivity contribution in [3.63, 3.8) is 0 Å². The lowest BCUT2D eigenvalue weighted by atomic mass is 10.2. The minimum Gasteiger partial charge on any atom is -0.454 e. The minimum atomic E-state index is 0.698. The van der Waals surface area contributed by atoms with Crippen LogP contribution in [0.15, 0.2) is 65.2 Å². The van der Waals surface area contributed by atoms with Crippen LogP contribution in [0.5, 0.6) is 0 Å². The third kappa shape index (κ3) is 2.64. The topological polar surface area (TPSA) is 43.9 Å². The quantitative estimate of drug-likeness (QED) is 0.480. The smallest absolute Gasteiger partial charge is 0.157 e. The number of hydrogen-bond donors (Lipinski definition) is 0. The van der Waals surface area contributed by atoms with E-state index in [1.807, 2.05) is 47.3 Å². The Morgan fingerprint density at radius 2 is 1.95 bits per heavy atom. The summed E-state index contributed by atoms with van der Waals surface area (Å²) in [5, 5.41) is 9.48. The van der Waals surface area contributed by atoms with Gasteiger partial charge in [-0.1, -0.05) is 35.5 Å². The van der Waals surface area contributed by atoms with Crippen LogP contribution < -0.4 is 0 Å². The summed E-state index contributed by atoms with van der Waals surface area (Å²) >= 11 is 2.31. The van der Waals surface area contributed by atoms with Gasteiger partial charge in [0.15, 0.2) is 5.76 Å². The molecule has 0 aliphatic rings. The lowest BCUT2D eigenvalue weighted by Crippen LogP contribution is -2.00. The molecule has 0 bridgehead atoms. The van der Waals surface area contributed by atoms with Crippen LogP contribution in [-0.4, -0.2) is 15.0 Å². The second kappa shape index (κ2) is 5.57. The van der Waals surface area contributed by atoms with Gasteiger partial charge in [0, 0.05) is 8.96 Å². The van der Waals surface area contributed by atoms with E-state index in [2.05, 4.69) is 51.1 Å². The summed E-state index contributed by atoms with van der Waals surface area (Å²) in [5.41, 5.74) is 2.82. The largest absolute Gasteiger partial charge is 0.454 e. The van der Waals surface area contributed by atoms with Crippen LogP contribution in [0.25, 0.3) is 22.4 Å². The Morgan fingerprint density at radius 1 is 1.05 bits per heavy atom. The Labute approximate surface area is 140 Å². The van der Waals surface area contributed by atoms with Crippen molar-refractivity contribution in [3.8, 4) is 11.5 Å². The first-order valence-corrected chi connectivity index (χ1v) is 7.99. The fourth-order valence-corrected chi connectivity index (χ4v) is 3.03. The highest BCUT2D eigenvalue weighted by Crippen LogP contribution is 2.26. The molecule has 2 aromatic heterocycles. The van der Waals surface area contributed by atoms with Crippen molar-refractivity contribution in [2.24, 2.45) is 0 Å². The summed E-state index contributed by atoms with van der Waals surface area (Å²) < 4.78 is 8.86. The third-order valence-electron chi connectivity index (χ3n) is 3.45. The van der Waals surface area contributed by atoms with Gasteiger partial charge in [0.1, 0.15) is 11.3 Å². The van der Waals surface area contributed by atoms with E-state index in [9.17, 15) is 0 Å². The van der Waals surface area contributed by atoms with Gasteiger partial charge in [-0.3, -0.25) is 0 Å². The van der Waals surface area contributed by atoms with Gasteiger partial charge >= 0.3 is 0 Å². The maximum Gasteiger partial charge on any atom is 0.157 e. The highest BCUT2D eigenvalue weighted by atomic mass is 127. The van der Waals surface area contributed by atoms with Gasteiger partial charge < -0.3 is 4.42 Å². The molecule has 0 saturated heterocycles. The fourth-order valence-electron chi connectivity index (χ4n) is 2.42. The van der Waals surface area contributed by atoms with Crippen molar-refractivity contribution in [2.45, 2.75) is 6.54 Å². The molecule has 0 radical (unpaired) electrons. The molecule has 0 spiro atoms. The van der Waals surface area contributed by atoms with Crippen molar-refractivity contribution in [3.05, 3.63) is 69.9 Å². The van der Waals surface area contributed by atoms with E-state index in [4.69, 9.17) is 4.42 Å². The standard InChI is InChI=1S/C17H12IN3O/c18-14-6-3-4-12(8-14)10-21-11-15(19-20-21)17-9-13-5-1-2-7-16(13)22-17/h1-9,11H,10H2. The Morgan fingerprint density at radius 3 is 2.82 bits per heavy atom. The molecule has 0 atom stereocenters. The normalized spacial score (nSPS) is 11.1. The summed E-state index contributed by atoms with van der Waals surface area (Å²) in [6, 6.07) is 18.3. The summed E-state index contributed by atoms with van der Waals surface area (Å²) in [6.45, 7) is 0.698. The van der Waals surface area contributed by atoms with Gasteiger partial charge in [-0.15, -0.1) is 5.10 Å². The zero-order chi connectivity index (χ0) is 14.9. The number of para-hydroxylation sites is 1. The molecular weight excluding hydrogens is 389 g/mol. The lowest BCUT2D eigenvalue weighted by Gasteiger charge is -2.00. The molecule has 0 aliphatic carbocycles. The van der Waals surface area contributed by atoms with E-state index in [0.29, 0.717) is 6.54 Å². The van der Waals surface area contributed by atoms with Gasteiger partial charge in [-0.25, -0.2) is 4.68 Å². The first kappa shape index (κ1) is 13.5. The zero-order valence-corrected chi connectivity index (χ0v) is 13.8. The van der Waals surface area contributed by atoms with Gasteiger partial charge in [0.2, 0.25) is 0 Å². The van der Waals surface area contributed by atoms with E-state index in [0.717, 1.165) is 22.4 Å². The van der Waals surface area contributed by atoms with E-state index >= 15 is 0 Å². The van der Waals surface area contributed by atoms with Crippen molar-refractivity contribution >= 4 is 33.6 Å². The average Bonchev–Trinajstić information content (AvgIpc) is 3.13. The number of halogens is 1. The molecule has 2 heterocycles. The fraction of sp³-hybridized carbons (Fsp3) is 0.0588. The molecule has 108 valence electrons. The molecule has 0 saturated carbocycles. The Kier molecular flexibility index (Phi) is 3.42. The minimum absolute atomic E-state index is 0.698. The number of aromatic nitrogens is 3. The predicted molar refractivity (Wildman–Crippen MR) is 93.5 cm³/mol. The highest BCUT2D eigenvalue weighted by Gasteiger charge is 2.10. The van der Waals surface area contributed by atoms with Crippen molar-refractivity contribution < 1.29 is 4.42 Å². The number of furan rings is 1. The summed E-state index contributed by atoms with van der Waals surface area (Å²) in [6.07, 6.45) is 1.91. The Bertz CT molecular complexity index is 909. The number of fused-ring (bicyclic) bond motifs is 1. The highest BCUT2D eigenvalue weighted by molar-refractivity contribution is 14.1. The Balaban J connectivity index is 1.63. The maximum absolute atomic E-state index is 5.82. The van der Waals surface area contributed by atoms with E-state index in [1.54, 1.807) is 0 Å². The van der Waals surface area contributed by atoms with Crippen LogP contribution in [0.2, 0.25) is 0 Å². The zero-order valence-electron chi connectivity index (χ0n) is 11.6. The first-order chi connectivity index (χ1) is 10.8. The summed E-state index contributed by atoms with van der Waals surface area (Å²) in [7, 11) is 0. The second-order valence-corrected chi connectivity index (χ2v) is 6.33. The van der Waals surface area contributed by atoms with Crippen LogP contribution in [0.1, 0.15) is 5.56 Å². The van der Waals surface area contributed by atoms with Gasteiger partial charge in [-0.2, -0.15) is 0 Å². The molecule has 0 fully saturated rings. The van der Waals surface area contributed by atoms with E-state index in [-0.39, 0.29) is 0 Å². The van der Waals surface area contributed by atoms with E-state index in [1.165, 1.54) is 9.13 Å². The summed E-state index contributed by atoms with van der Waals surface area (Å²) in [5.74, 6) is 0.745. The number of rotatable bonds is 3. The van der Waals surface area contributed by atoms with Crippen LogP contribution in [-0.2, 0) is 6.54 Å². The Hall–Kier alpha value is -2.15. The molecule has 5 heteroatoms. The van der Waals surface area contributed by atoms with Crippen LogP contribution in [0, 0.1) is 3.57 Å². The molecule has 0 amide bonds. The molecule has 4 nitrogen and oxygen atoms in total. The summed E-state index contributed by atoms with van der Waals surface area (Å²) in [4.78, 5) is 0. The van der Waals surface area contributed by atoms with Crippen LogP contribution in [0.3, 0.4) is 0 Å². The van der Waals surface area contributed by atoms with Crippen LogP contribution >= 0.6 is 22.6 Å². The number of nitrogens with zero attached hydrogens (tertiary/aromatic N) is 3. The number of benzene rings is 2. The molecule has 0 N–H and O–H groups in total. The third-order valence-corrected chi connectivity index (χ3v) is 4.12. The molecule has 4 aromatic rings. The molecule has 4 rings (SSSR count). The average molecular weight is 401 g/mol. The molecule has 0 aliphatic heterocycles. The van der Waals surface area contributed by atoms with Gasteiger partial charge in [0.25, 0.3) is 0 Å². The first-order valence-electron chi connectivity index (χ1n) is 6.91. The molecule has 0 unspecified atom stereocenters. The van der Waals surface area contributed by atoms with Crippen molar-refractivity contribution in [1.82, 2.24) is 15.0 Å². The molecule has 22 heavy (non-hydrogen) atoms. The van der Waals surface area contributed by atoms with Crippen LogP contribution in [0.4, 0.5) is 0 Å². The number of hydrogen-bond acceptors (Lipinski definition) is 3. The lowest BCUT2D eigenvalue weighted by molar-refractivity contribution is 0.627. The maximum atomic E-state index is 5.82. The van der Waals surface area contributed by atoms with Crippen molar-refractivity contribution in [1.29, 1.82) is 0 Å². The van der Waals surface area contributed by atoms with E-state index < -0.39 is 0 Å². The molecular formula is C17H12IN3O.